The lowest BCUT2D eigenvalue weighted by Crippen LogP contribution is -2.29. The molecule has 1 aliphatic heterocycles. The number of rotatable bonds is 10. The third kappa shape index (κ3) is 5.67. The summed E-state index contributed by atoms with van der Waals surface area (Å²) in [6.07, 6.45) is 3.77. The van der Waals surface area contributed by atoms with E-state index in [4.69, 9.17) is 4.74 Å². The fraction of sp³-hybridized carbons (Fsp3) is 0.524. The van der Waals surface area contributed by atoms with E-state index in [0.717, 1.165) is 24.0 Å². The minimum Gasteiger partial charge on any atom is -0.508 e. The van der Waals surface area contributed by atoms with Crippen molar-refractivity contribution >= 4 is 15.9 Å². The molecule has 0 amide bonds. The largest absolute Gasteiger partial charge is 0.508 e. The van der Waals surface area contributed by atoms with Gasteiger partial charge < -0.3 is 20.1 Å². The van der Waals surface area contributed by atoms with Gasteiger partial charge in [-0.2, -0.15) is 0 Å². The van der Waals surface area contributed by atoms with E-state index >= 15 is 0 Å². The molecule has 1 heterocycles. The van der Waals surface area contributed by atoms with E-state index in [1.165, 1.54) is 7.11 Å². The molecule has 0 unspecified atom stereocenters. The fourth-order valence-corrected chi connectivity index (χ4v) is 5.60. The number of hydrogen-bond acceptors (Lipinski definition) is 6. The average molecular weight is 411 g/mol. The van der Waals surface area contributed by atoms with Crippen LogP contribution in [0.3, 0.4) is 0 Å². The summed E-state index contributed by atoms with van der Waals surface area (Å²) in [5.41, 5.74) is 2.93. The van der Waals surface area contributed by atoms with Gasteiger partial charge in [0.15, 0.2) is 9.84 Å². The molecule has 1 aromatic carbocycles. The molecule has 6 nitrogen and oxygen atoms in total. The van der Waals surface area contributed by atoms with Crippen molar-refractivity contribution in [1.29, 1.82) is 0 Å². The Morgan fingerprint density at radius 3 is 2.71 bits per heavy atom. The summed E-state index contributed by atoms with van der Waals surface area (Å²) < 4.78 is 29.7. The third-order valence-corrected chi connectivity index (χ3v) is 6.98. The van der Waals surface area contributed by atoms with Crippen LogP contribution in [0.2, 0.25) is 0 Å². The van der Waals surface area contributed by atoms with Crippen LogP contribution in [0.4, 0.5) is 0 Å². The number of benzene rings is 1. The van der Waals surface area contributed by atoms with Crippen molar-refractivity contribution in [2.24, 2.45) is 0 Å². The molecule has 2 atom stereocenters. The molecule has 0 aromatic heterocycles. The van der Waals surface area contributed by atoms with E-state index in [-0.39, 0.29) is 18.1 Å². The first-order valence-corrected chi connectivity index (χ1v) is 11.2. The molecule has 7 heteroatoms. The van der Waals surface area contributed by atoms with Gasteiger partial charge in [0, 0.05) is 7.11 Å². The Bertz CT molecular complexity index is 825. The number of aliphatic hydroxyl groups is 2. The Morgan fingerprint density at radius 2 is 2.11 bits per heavy atom. The van der Waals surface area contributed by atoms with Crippen LogP contribution in [0.25, 0.3) is 6.08 Å². The van der Waals surface area contributed by atoms with Gasteiger partial charge in [-0.1, -0.05) is 37.1 Å². The molecule has 0 radical (unpaired) electrons. The highest BCUT2D eigenvalue weighted by Gasteiger charge is 2.40. The van der Waals surface area contributed by atoms with Crippen molar-refractivity contribution in [1.82, 2.24) is 0 Å². The van der Waals surface area contributed by atoms with Crippen molar-refractivity contribution in [3.8, 4) is 5.75 Å². The standard InChI is InChI=1S/C21H30O6S/c1-3-5-15(10-16-6-4-7-18(23)11-16)8-9-19(24)21-17(13-27-2)14-28(25,26)20(21)12-22/h4,6-7,10-11,19-20,22-24H,3,5,8-9,12-14H2,1-2H3/b15-10+/t19-,20+/m1/s1. The van der Waals surface area contributed by atoms with Gasteiger partial charge in [-0.05, 0) is 48.1 Å². The zero-order valence-electron chi connectivity index (χ0n) is 16.5. The van der Waals surface area contributed by atoms with Gasteiger partial charge >= 0.3 is 0 Å². The van der Waals surface area contributed by atoms with Crippen LogP contribution in [-0.4, -0.2) is 61.2 Å². The molecule has 3 N–H and O–H groups in total. The van der Waals surface area contributed by atoms with E-state index in [2.05, 4.69) is 6.92 Å². The Labute approximate surface area is 167 Å². The molecule has 156 valence electrons. The average Bonchev–Trinajstić information content (AvgIpc) is 2.89. The van der Waals surface area contributed by atoms with Crippen LogP contribution >= 0.6 is 0 Å². The highest BCUT2D eigenvalue weighted by molar-refractivity contribution is 7.92. The molecule has 28 heavy (non-hydrogen) atoms. The second-order valence-corrected chi connectivity index (χ2v) is 9.36. The molecular formula is C21H30O6S. The SMILES string of the molecule is CCC/C(=C\c1cccc(O)c1)CC[C@@H](O)C1=C(COC)CS(=O)(=O)[C@H]1CO. The summed E-state index contributed by atoms with van der Waals surface area (Å²) in [6, 6.07) is 6.96. The summed E-state index contributed by atoms with van der Waals surface area (Å²) in [6.45, 7) is 1.66. The number of methoxy groups -OCH3 is 1. The summed E-state index contributed by atoms with van der Waals surface area (Å²) in [4.78, 5) is 0. The second kappa shape index (κ2) is 10.2. The minimum atomic E-state index is -3.51. The predicted molar refractivity (Wildman–Crippen MR) is 110 cm³/mol. The number of ether oxygens (including phenoxy) is 1. The fourth-order valence-electron chi connectivity index (χ4n) is 3.73. The van der Waals surface area contributed by atoms with Gasteiger partial charge in [0.25, 0.3) is 0 Å². The van der Waals surface area contributed by atoms with Crippen molar-refractivity contribution < 1.29 is 28.5 Å². The van der Waals surface area contributed by atoms with E-state index in [0.29, 0.717) is 24.0 Å². The van der Waals surface area contributed by atoms with Gasteiger partial charge in [0.1, 0.15) is 11.0 Å². The lowest BCUT2D eigenvalue weighted by atomic mass is 9.93. The predicted octanol–water partition coefficient (Wildman–Crippen LogP) is 2.45. The van der Waals surface area contributed by atoms with Gasteiger partial charge in [0.05, 0.1) is 25.1 Å². The quantitative estimate of drug-likeness (QED) is 0.512. The molecule has 0 saturated heterocycles. The van der Waals surface area contributed by atoms with Crippen LogP contribution < -0.4 is 0 Å². The molecular weight excluding hydrogens is 380 g/mol. The number of sulfone groups is 1. The maximum absolute atomic E-state index is 12.3. The van der Waals surface area contributed by atoms with Gasteiger partial charge in [0.2, 0.25) is 0 Å². The maximum atomic E-state index is 12.3. The van der Waals surface area contributed by atoms with Crippen molar-refractivity contribution in [2.45, 2.75) is 44.0 Å². The Balaban J connectivity index is 2.18. The number of aliphatic hydroxyl groups excluding tert-OH is 2. The molecule has 0 spiro atoms. The number of phenols is 1. The first-order valence-electron chi connectivity index (χ1n) is 9.52. The minimum absolute atomic E-state index is 0.128. The van der Waals surface area contributed by atoms with Crippen molar-refractivity contribution in [3.63, 3.8) is 0 Å². The molecule has 1 aliphatic rings. The highest BCUT2D eigenvalue weighted by atomic mass is 32.2. The smallest absolute Gasteiger partial charge is 0.163 e. The van der Waals surface area contributed by atoms with E-state index in [1.54, 1.807) is 18.2 Å². The van der Waals surface area contributed by atoms with Crippen LogP contribution in [0, 0.1) is 0 Å². The lowest BCUT2D eigenvalue weighted by molar-refractivity contribution is 0.182. The topological polar surface area (TPSA) is 104 Å². The van der Waals surface area contributed by atoms with Crippen LogP contribution in [0.5, 0.6) is 5.75 Å². The summed E-state index contributed by atoms with van der Waals surface area (Å²) in [5.74, 6) is 0.0142. The van der Waals surface area contributed by atoms with Crippen LogP contribution in [0.15, 0.2) is 41.0 Å². The first-order chi connectivity index (χ1) is 13.3. The van der Waals surface area contributed by atoms with Gasteiger partial charge in [-0.25, -0.2) is 8.42 Å². The number of allylic oxidation sites excluding steroid dienone is 1. The Hall–Kier alpha value is -1.67. The van der Waals surface area contributed by atoms with Crippen LogP contribution in [-0.2, 0) is 14.6 Å². The zero-order chi connectivity index (χ0) is 20.7. The normalized spacial score (nSPS) is 20.6. The highest BCUT2D eigenvalue weighted by Crippen LogP contribution is 2.32. The Kier molecular flexibility index (Phi) is 8.24. The van der Waals surface area contributed by atoms with E-state index in [9.17, 15) is 23.7 Å². The number of phenolic OH excluding ortho intramolecular Hbond substituents is 1. The molecule has 0 saturated carbocycles. The summed E-state index contributed by atoms with van der Waals surface area (Å²) in [7, 11) is -2.03. The lowest BCUT2D eigenvalue weighted by Gasteiger charge is -2.19. The number of hydrogen-bond donors (Lipinski definition) is 3. The van der Waals surface area contributed by atoms with Crippen molar-refractivity contribution in [3.05, 3.63) is 46.5 Å². The molecule has 0 fully saturated rings. The first kappa shape index (κ1) is 22.6. The zero-order valence-corrected chi connectivity index (χ0v) is 17.3. The van der Waals surface area contributed by atoms with Crippen molar-refractivity contribution in [2.75, 3.05) is 26.1 Å². The van der Waals surface area contributed by atoms with Crippen LogP contribution in [0.1, 0.15) is 38.2 Å². The maximum Gasteiger partial charge on any atom is 0.163 e. The molecule has 1 aromatic rings. The Morgan fingerprint density at radius 1 is 1.36 bits per heavy atom. The molecule has 2 rings (SSSR count). The summed E-state index contributed by atoms with van der Waals surface area (Å²) >= 11 is 0. The molecule has 0 bridgehead atoms. The van der Waals surface area contributed by atoms with Gasteiger partial charge in [-0.15, -0.1) is 0 Å². The monoisotopic (exact) mass is 410 g/mol. The van der Waals surface area contributed by atoms with E-state index in [1.807, 2.05) is 12.1 Å². The van der Waals surface area contributed by atoms with Gasteiger partial charge in [-0.3, -0.25) is 0 Å². The third-order valence-electron chi connectivity index (χ3n) is 4.96. The van der Waals surface area contributed by atoms with E-state index < -0.39 is 27.8 Å². The second-order valence-electron chi connectivity index (χ2n) is 7.17. The summed E-state index contributed by atoms with van der Waals surface area (Å²) in [5, 5.41) is 28.9. The number of aromatic hydroxyl groups is 1. The molecule has 0 aliphatic carbocycles.